The van der Waals surface area contributed by atoms with E-state index in [1.54, 1.807) is 0 Å². The van der Waals surface area contributed by atoms with E-state index in [2.05, 4.69) is 35.8 Å². The number of aryl methyl sites for hydroxylation is 3. The minimum absolute atomic E-state index is 0.0716. The maximum absolute atomic E-state index is 12.7. The van der Waals surface area contributed by atoms with Gasteiger partial charge in [0.05, 0.1) is 6.04 Å². The van der Waals surface area contributed by atoms with E-state index in [1.807, 2.05) is 38.1 Å². The van der Waals surface area contributed by atoms with Gasteiger partial charge in [-0.3, -0.25) is 4.79 Å². The summed E-state index contributed by atoms with van der Waals surface area (Å²) in [5.74, 6) is -0.352. The van der Waals surface area contributed by atoms with Crippen molar-refractivity contribution in [2.24, 2.45) is 0 Å². The standard InChI is InChI=1S/C25H29N3O/c1-4-23(21-13-12-19-9-5-6-10-20(19)14-21)28-25(29)22(15-26)16-27-24-11-7-8-17(2)18(24)3/h7-8,11-14,16,23,27H,4-6,9-10H2,1-3H3,(H,28,29)/b22-16-. The third kappa shape index (κ3) is 4.86. The fourth-order valence-electron chi connectivity index (χ4n) is 3.83. The summed E-state index contributed by atoms with van der Waals surface area (Å²) < 4.78 is 0. The third-order valence-corrected chi connectivity index (χ3v) is 5.83. The van der Waals surface area contributed by atoms with Crippen molar-refractivity contribution in [3.05, 3.63) is 76.0 Å². The second-order valence-electron chi connectivity index (χ2n) is 7.73. The molecule has 1 amide bonds. The molecule has 0 aliphatic heterocycles. The number of amides is 1. The maximum Gasteiger partial charge on any atom is 0.263 e. The highest BCUT2D eigenvalue weighted by molar-refractivity contribution is 5.97. The first-order chi connectivity index (χ1) is 14.0. The molecule has 2 aromatic rings. The molecule has 1 atom stereocenters. The van der Waals surface area contributed by atoms with Crippen molar-refractivity contribution in [3.8, 4) is 6.07 Å². The van der Waals surface area contributed by atoms with E-state index < -0.39 is 0 Å². The van der Waals surface area contributed by atoms with Crippen LogP contribution in [-0.4, -0.2) is 5.91 Å². The summed E-state index contributed by atoms with van der Waals surface area (Å²) in [7, 11) is 0. The molecule has 0 heterocycles. The molecule has 1 aliphatic carbocycles. The molecule has 1 aliphatic rings. The minimum atomic E-state index is -0.352. The highest BCUT2D eigenvalue weighted by atomic mass is 16.1. The Morgan fingerprint density at radius 3 is 2.66 bits per heavy atom. The van der Waals surface area contributed by atoms with Crippen LogP contribution in [-0.2, 0) is 17.6 Å². The molecule has 0 spiro atoms. The molecule has 0 bridgehead atoms. The normalized spacial score (nSPS) is 14.5. The predicted octanol–water partition coefficient (Wildman–Crippen LogP) is 5.27. The zero-order valence-corrected chi connectivity index (χ0v) is 17.5. The summed E-state index contributed by atoms with van der Waals surface area (Å²) >= 11 is 0. The highest BCUT2D eigenvalue weighted by Gasteiger charge is 2.18. The number of fused-ring (bicyclic) bond motifs is 1. The number of carbonyl (C=O) groups excluding carboxylic acids is 1. The Morgan fingerprint density at radius 2 is 1.93 bits per heavy atom. The quantitative estimate of drug-likeness (QED) is 0.524. The number of benzene rings is 2. The molecule has 150 valence electrons. The average molecular weight is 388 g/mol. The van der Waals surface area contributed by atoms with Gasteiger partial charge < -0.3 is 10.6 Å². The van der Waals surface area contributed by atoms with E-state index in [1.165, 1.54) is 30.2 Å². The summed E-state index contributed by atoms with van der Waals surface area (Å²) in [5.41, 5.74) is 7.16. The zero-order chi connectivity index (χ0) is 20.8. The first-order valence-corrected chi connectivity index (χ1v) is 10.4. The van der Waals surface area contributed by atoms with E-state index in [9.17, 15) is 10.1 Å². The average Bonchev–Trinajstić information content (AvgIpc) is 2.75. The van der Waals surface area contributed by atoms with E-state index in [4.69, 9.17) is 0 Å². The number of nitrogens with one attached hydrogen (secondary N) is 2. The summed E-state index contributed by atoms with van der Waals surface area (Å²) in [6, 6.07) is 14.4. The Balaban J connectivity index is 1.73. The zero-order valence-electron chi connectivity index (χ0n) is 17.5. The van der Waals surface area contributed by atoms with E-state index in [-0.39, 0.29) is 17.5 Å². The van der Waals surface area contributed by atoms with E-state index >= 15 is 0 Å². The van der Waals surface area contributed by atoms with Crippen molar-refractivity contribution >= 4 is 11.6 Å². The van der Waals surface area contributed by atoms with Gasteiger partial charge >= 0.3 is 0 Å². The Hall–Kier alpha value is -3.06. The molecule has 4 nitrogen and oxygen atoms in total. The molecule has 0 fully saturated rings. The molecule has 3 rings (SSSR count). The Morgan fingerprint density at radius 1 is 1.17 bits per heavy atom. The van der Waals surface area contributed by atoms with E-state index in [0.29, 0.717) is 0 Å². The number of rotatable bonds is 6. The minimum Gasteiger partial charge on any atom is -0.360 e. The Labute approximate surface area is 173 Å². The Kier molecular flexibility index (Phi) is 6.72. The number of nitrogens with zero attached hydrogens (tertiary/aromatic N) is 1. The van der Waals surface area contributed by atoms with Gasteiger partial charge in [-0.15, -0.1) is 0 Å². The van der Waals surface area contributed by atoms with Crippen molar-refractivity contribution in [1.82, 2.24) is 5.32 Å². The van der Waals surface area contributed by atoms with Crippen LogP contribution >= 0.6 is 0 Å². The van der Waals surface area contributed by atoms with Gasteiger partial charge in [-0.2, -0.15) is 5.26 Å². The maximum atomic E-state index is 12.7. The number of anilines is 1. The molecule has 29 heavy (non-hydrogen) atoms. The lowest BCUT2D eigenvalue weighted by Crippen LogP contribution is -2.29. The van der Waals surface area contributed by atoms with Gasteiger partial charge in [0.15, 0.2) is 0 Å². The SMILES string of the molecule is CCC(NC(=O)/C(C#N)=C\Nc1cccc(C)c1C)c1ccc2c(c1)CCCC2. The van der Waals surface area contributed by atoms with Crippen LogP contribution in [0.1, 0.15) is 60.0 Å². The van der Waals surface area contributed by atoms with Crippen LogP contribution < -0.4 is 10.6 Å². The lowest BCUT2D eigenvalue weighted by molar-refractivity contribution is -0.117. The lowest BCUT2D eigenvalue weighted by atomic mass is 9.88. The molecule has 0 aromatic heterocycles. The first-order valence-electron chi connectivity index (χ1n) is 10.4. The van der Waals surface area contributed by atoms with Gasteiger partial charge in [-0.05, 0) is 79.8 Å². The highest BCUT2D eigenvalue weighted by Crippen LogP contribution is 2.26. The summed E-state index contributed by atoms with van der Waals surface area (Å²) in [5, 5.41) is 15.6. The second kappa shape index (κ2) is 9.43. The van der Waals surface area contributed by atoms with Crippen molar-refractivity contribution in [2.45, 2.75) is 58.9 Å². The fourth-order valence-corrected chi connectivity index (χ4v) is 3.83. The van der Waals surface area contributed by atoms with Crippen molar-refractivity contribution in [1.29, 1.82) is 5.26 Å². The first kappa shape index (κ1) is 20.7. The van der Waals surface area contributed by atoms with Crippen LogP contribution in [0.25, 0.3) is 0 Å². The fraction of sp³-hybridized carbons (Fsp3) is 0.360. The molecule has 0 saturated heterocycles. The van der Waals surface area contributed by atoms with Gasteiger partial charge in [0.2, 0.25) is 0 Å². The predicted molar refractivity (Wildman–Crippen MR) is 117 cm³/mol. The topological polar surface area (TPSA) is 64.9 Å². The van der Waals surface area contributed by atoms with Crippen LogP contribution in [0.3, 0.4) is 0 Å². The molecule has 4 heteroatoms. The number of nitriles is 1. The number of hydrogen-bond donors (Lipinski definition) is 2. The molecule has 0 radical (unpaired) electrons. The lowest BCUT2D eigenvalue weighted by Gasteiger charge is -2.21. The van der Waals surface area contributed by atoms with E-state index in [0.717, 1.165) is 41.6 Å². The third-order valence-electron chi connectivity index (χ3n) is 5.83. The molecule has 0 saturated carbocycles. The number of hydrogen-bond acceptors (Lipinski definition) is 3. The monoisotopic (exact) mass is 387 g/mol. The van der Waals surface area contributed by atoms with Crippen molar-refractivity contribution < 1.29 is 4.79 Å². The van der Waals surface area contributed by atoms with Crippen molar-refractivity contribution in [2.75, 3.05) is 5.32 Å². The molecule has 2 N–H and O–H groups in total. The van der Waals surface area contributed by atoms with Crippen LogP contribution in [0.4, 0.5) is 5.69 Å². The summed E-state index contributed by atoms with van der Waals surface area (Å²) in [6.45, 7) is 6.10. The van der Waals surface area contributed by atoms with Gasteiger partial charge in [-0.1, -0.05) is 37.3 Å². The molecule has 1 unspecified atom stereocenters. The van der Waals surface area contributed by atoms with Crippen LogP contribution in [0, 0.1) is 25.2 Å². The number of carbonyl (C=O) groups is 1. The van der Waals surface area contributed by atoms with Gasteiger partial charge in [0, 0.05) is 11.9 Å². The van der Waals surface area contributed by atoms with Gasteiger partial charge in [0.25, 0.3) is 5.91 Å². The molecular weight excluding hydrogens is 358 g/mol. The smallest absolute Gasteiger partial charge is 0.263 e. The van der Waals surface area contributed by atoms with Crippen LogP contribution in [0.5, 0.6) is 0 Å². The molecular formula is C25H29N3O. The van der Waals surface area contributed by atoms with Crippen LogP contribution in [0.2, 0.25) is 0 Å². The van der Waals surface area contributed by atoms with Crippen LogP contribution in [0.15, 0.2) is 48.2 Å². The van der Waals surface area contributed by atoms with Gasteiger partial charge in [-0.25, -0.2) is 0 Å². The largest absolute Gasteiger partial charge is 0.360 e. The molecule has 2 aromatic carbocycles. The van der Waals surface area contributed by atoms with Gasteiger partial charge in [0.1, 0.15) is 11.6 Å². The summed E-state index contributed by atoms with van der Waals surface area (Å²) in [6.07, 6.45) is 7.00. The Bertz CT molecular complexity index is 969. The van der Waals surface area contributed by atoms with Crippen molar-refractivity contribution in [3.63, 3.8) is 0 Å². The second-order valence-corrected chi connectivity index (χ2v) is 7.73. The summed E-state index contributed by atoms with van der Waals surface area (Å²) in [4.78, 5) is 12.7.